The summed E-state index contributed by atoms with van der Waals surface area (Å²) in [7, 11) is 1.39. The van der Waals surface area contributed by atoms with Crippen LogP contribution in [0.1, 0.15) is 5.56 Å². The van der Waals surface area contributed by atoms with Crippen molar-refractivity contribution >= 4 is 11.9 Å². The lowest BCUT2D eigenvalue weighted by atomic mass is 10.1. The third-order valence-electron chi connectivity index (χ3n) is 2.40. The molecule has 0 aliphatic carbocycles. The quantitative estimate of drug-likeness (QED) is 0.632. The molecule has 0 radical (unpaired) electrons. The van der Waals surface area contributed by atoms with Gasteiger partial charge in [-0.15, -0.1) is 0 Å². The first-order valence-corrected chi connectivity index (χ1v) is 5.47. The number of halogens is 1. The number of rotatable bonds is 6. The first-order chi connectivity index (χ1) is 8.54. The molecule has 0 saturated heterocycles. The van der Waals surface area contributed by atoms with Gasteiger partial charge in [-0.3, -0.25) is 10.1 Å². The van der Waals surface area contributed by atoms with Gasteiger partial charge in [0.25, 0.3) is 0 Å². The molecule has 0 heterocycles. The van der Waals surface area contributed by atoms with Crippen molar-refractivity contribution in [1.82, 2.24) is 10.6 Å². The number of hydrogen-bond acceptors (Lipinski definition) is 3. The van der Waals surface area contributed by atoms with E-state index in [0.717, 1.165) is 5.56 Å². The zero-order chi connectivity index (χ0) is 13.5. The molecule has 98 valence electrons. The van der Waals surface area contributed by atoms with E-state index in [1.54, 1.807) is 12.1 Å². The summed E-state index contributed by atoms with van der Waals surface area (Å²) in [6.45, 7) is 0.258. The number of hydrogen-bond donors (Lipinski definition) is 3. The molecule has 0 saturated carbocycles. The number of nitrogens with one attached hydrogen (secondary N) is 2. The Morgan fingerprint density at radius 1 is 1.44 bits per heavy atom. The second kappa shape index (κ2) is 6.70. The minimum Gasteiger partial charge on any atom is -0.480 e. The topological polar surface area (TPSA) is 78.4 Å². The molecule has 1 atom stereocenters. The van der Waals surface area contributed by atoms with Crippen molar-refractivity contribution in [3.05, 3.63) is 35.6 Å². The van der Waals surface area contributed by atoms with Gasteiger partial charge in [0, 0.05) is 6.54 Å². The summed E-state index contributed by atoms with van der Waals surface area (Å²) in [6.07, 6.45) is 0.444. The van der Waals surface area contributed by atoms with Crippen LogP contribution in [0.2, 0.25) is 0 Å². The van der Waals surface area contributed by atoms with E-state index in [4.69, 9.17) is 5.11 Å². The van der Waals surface area contributed by atoms with Gasteiger partial charge in [0.15, 0.2) is 6.04 Å². The summed E-state index contributed by atoms with van der Waals surface area (Å²) in [5, 5.41) is 13.6. The van der Waals surface area contributed by atoms with Gasteiger partial charge < -0.3 is 10.4 Å². The molecule has 1 aromatic rings. The summed E-state index contributed by atoms with van der Waals surface area (Å²) < 4.78 is 12.9. The van der Waals surface area contributed by atoms with Crippen LogP contribution < -0.4 is 10.6 Å². The lowest BCUT2D eigenvalue weighted by molar-refractivity contribution is -0.143. The standard InChI is InChI=1S/C12H15FN2O3/c1-14-10(12(17)18)11(16)15-6-5-8-3-2-4-9(13)7-8/h2-4,7,10,14H,5-6H2,1H3,(H,15,16)(H,17,18). The number of carboxylic acids is 1. The lowest BCUT2D eigenvalue weighted by Gasteiger charge is -2.11. The highest BCUT2D eigenvalue weighted by molar-refractivity contribution is 6.01. The molecular formula is C12H15FN2O3. The summed E-state index contributed by atoms with van der Waals surface area (Å²) in [5.74, 6) is -2.18. The largest absolute Gasteiger partial charge is 0.480 e. The minimum absolute atomic E-state index is 0.258. The van der Waals surface area contributed by atoms with E-state index in [2.05, 4.69) is 10.6 Å². The van der Waals surface area contributed by atoms with Crippen LogP contribution in [0.3, 0.4) is 0 Å². The van der Waals surface area contributed by atoms with Gasteiger partial charge in [-0.2, -0.15) is 0 Å². The molecule has 0 spiro atoms. The Bertz CT molecular complexity index is 437. The maximum Gasteiger partial charge on any atom is 0.330 e. The predicted octanol–water partition coefficient (Wildman–Crippen LogP) is 0.157. The van der Waals surface area contributed by atoms with E-state index in [0.29, 0.717) is 6.42 Å². The molecule has 0 aliphatic heterocycles. The molecule has 1 aromatic carbocycles. The summed E-state index contributed by atoms with van der Waals surface area (Å²) >= 11 is 0. The molecule has 0 fully saturated rings. The Labute approximate surface area is 104 Å². The summed E-state index contributed by atoms with van der Waals surface area (Å²) in [6, 6.07) is 4.77. The Kier molecular flexibility index (Phi) is 5.26. The van der Waals surface area contributed by atoms with Crippen LogP contribution in [0.4, 0.5) is 4.39 Å². The third-order valence-corrected chi connectivity index (χ3v) is 2.40. The number of carboxylic acid groups (broad SMARTS) is 1. The first kappa shape index (κ1) is 14.1. The Balaban J connectivity index is 2.42. The van der Waals surface area contributed by atoms with Gasteiger partial charge in [0.2, 0.25) is 5.91 Å². The van der Waals surface area contributed by atoms with Crippen molar-refractivity contribution in [2.24, 2.45) is 0 Å². The second-order valence-electron chi connectivity index (χ2n) is 3.73. The number of carbonyl (C=O) groups is 2. The average Bonchev–Trinajstić information content (AvgIpc) is 2.29. The van der Waals surface area contributed by atoms with E-state index in [9.17, 15) is 14.0 Å². The highest BCUT2D eigenvalue weighted by Crippen LogP contribution is 2.03. The molecule has 0 bridgehead atoms. The zero-order valence-corrected chi connectivity index (χ0v) is 9.94. The van der Waals surface area contributed by atoms with Crippen molar-refractivity contribution in [2.75, 3.05) is 13.6 Å². The van der Waals surface area contributed by atoms with Crippen molar-refractivity contribution in [3.63, 3.8) is 0 Å². The van der Waals surface area contributed by atoms with Gasteiger partial charge in [-0.25, -0.2) is 9.18 Å². The fourth-order valence-electron chi connectivity index (χ4n) is 1.49. The van der Waals surface area contributed by atoms with Gasteiger partial charge >= 0.3 is 5.97 Å². The average molecular weight is 254 g/mol. The van der Waals surface area contributed by atoms with Crippen LogP contribution in [0.25, 0.3) is 0 Å². The molecular weight excluding hydrogens is 239 g/mol. The highest BCUT2D eigenvalue weighted by Gasteiger charge is 2.23. The predicted molar refractivity (Wildman–Crippen MR) is 63.6 cm³/mol. The fourth-order valence-corrected chi connectivity index (χ4v) is 1.49. The van der Waals surface area contributed by atoms with Crippen LogP contribution >= 0.6 is 0 Å². The van der Waals surface area contributed by atoms with Crippen LogP contribution in [-0.4, -0.2) is 36.6 Å². The maximum atomic E-state index is 12.9. The van der Waals surface area contributed by atoms with Crippen LogP contribution in [0.15, 0.2) is 24.3 Å². The Hall–Kier alpha value is -1.95. The van der Waals surface area contributed by atoms with E-state index in [1.807, 2.05) is 0 Å². The SMILES string of the molecule is CNC(C(=O)O)C(=O)NCCc1cccc(F)c1. The normalized spacial score (nSPS) is 11.9. The van der Waals surface area contributed by atoms with E-state index < -0.39 is 17.9 Å². The summed E-state index contributed by atoms with van der Waals surface area (Å²) in [5.41, 5.74) is 0.742. The van der Waals surface area contributed by atoms with E-state index >= 15 is 0 Å². The number of likely N-dealkylation sites (N-methyl/N-ethyl adjacent to an activating group) is 1. The van der Waals surface area contributed by atoms with Gasteiger partial charge in [0.05, 0.1) is 0 Å². The summed E-state index contributed by atoms with van der Waals surface area (Å²) in [4.78, 5) is 22.1. The smallest absolute Gasteiger partial charge is 0.330 e. The fraction of sp³-hybridized carbons (Fsp3) is 0.333. The van der Waals surface area contributed by atoms with Crippen LogP contribution in [0.5, 0.6) is 0 Å². The first-order valence-electron chi connectivity index (χ1n) is 5.47. The van der Waals surface area contributed by atoms with Crippen molar-refractivity contribution in [3.8, 4) is 0 Å². The molecule has 0 aromatic heterocycles. The number of amides is 1. The van der Waals surface area contributed by atoms with Crippen molar-refractivity contribution in [2.45, 2.75) is 12.5 Å². The van der Waals surface area contributed by atoms with Crippen molar-refractivity contribution < 1.29 is 19.1 Å². The molecule has 5 nitrogen and oxygen atoms in total. The molecule has 18 heavy (non-hydrogen) atoms. The molecule has 0 aliphatic rings. The molecule has 1 unspecified atom stereocenters. The second-order valence-corrected chi connectivity index (χ2v) is 3.73. The number of carbonyl (C=O) groups excluding carboxylic acids is 1. The molecule has 3 N–H and O–H groups in total. The monoisotopic (exact) mass is 254 g/mol. The lowest BCUT2D eigenvalue weighted by Crippen LogP contribution is -2.48. The molecule has 6 heteroatoms. The molecule has 1 amide bonds. The van der Waals surface area contributed by atoms with E-state index in [1.165, 1.54) is 19.2 Å². The van der Waals surface area contributed by atoms with Gasteiger partial charge in [-0.1, -0.05) is 12.1 Å². The van der Waals surface area contributed by atoms with Gasteiger partial charge in [0.1, 0.15) is 5.82 Å². The van der Waals surface area contributed by atoms with E-state index in [-0.39, 0.29) is 12.4 Å². The van der Waals surface area contributed by atoms with Crippen LogP contribution in [-0.2, 0) is 16.0 Å². The number of benzene rings is 1. The molecule has 1 rings (SSSR count). The zero-order valence-electron chi connectivity index (χ0n) is 9.94. The Morgan fingerprint density at radius 2 is 2.17 bits per heavy atom. The Morgan fingerprint density at radius 3 is 2.72 bits per heavy atom. The maximum absolute atomic E-state index is 12.9. The third kappa shape index (κ3) is 4.14. The minimum atomic E-state index is -1.27. The van der Waals surface area contributed by atoms with Crippen LogP contribution in [0, 0.1) is 5.82 Å². The van der Waals surface area contributed by atoms with Crippen molar-refractivity contribution in [1.29, 1.82) is 0 Å². The van der Waals surface area contributed by atoms with Gasteiger partial charge in [-0.05, 0) is 31.2 Å². The number of aliphatic carboxylic acids is 1. The highest BCUT2D eigenvalue weighted by atomic mass is 19.1.